The summed E-state index contributed by atoms with van der Waals surface area (Å²) in [6.07, 6.45) is 0. The van der Waals surface area contributed by atoms with Gasteiger partial charge >= 0.3 is 0 Å². The van der Waals surface area contributed by atoms with Crippen LogP contribution in [0.15, 0.2) is 53.0 Å². The highest BCUT2D eigenvalue weighted by atomic mass is 79.9. The van der Waals surface area contributed by atoms with Gasteiger partial charge in [0.25, 0.3) is 0 Å². The minimum atomic E-state index is 0.545. The quantitative estimate of drug-likeness (QED) is 0.582. The normalized spacial score (nSPS) is 10.3. The molecular formula is C17H18BrNO2S. The molecule has 0 saturated carbocycles. The van der Waals surface area contributed by atoms with Crippen molar-refractivity contribution >= 4 is 33.1 Å². The van der Waals surface area contributed by atoms with E-state index in [2.05, 4.69) is 21.2 Å². The molecule has 0 atom stereocenters. The fraction of sp³-hybridized carbons (Fsp3) is 0.235. The van der Waals surface area contributed by atoms with Crippen LogP contribution in [-0.2, 0) is 11.3 Å². The topological polar surface area (TPSA) is 30.5 Å². The number of benzene rings is 2. The van der Waals surface area contributed by atoms with Gasteiger partial charge in [-0.1, -0.05) is 40.3 Å². The third-order valence-corrected chi connectivity index (χ3v) is 3.94. The molecule has 0 fully saturated rings. The molecule has 0 saturated heterocycles. The second-order valence-electron chi connectivity index (χ2n) is 4.69. The first-order chi connectivity index (χ1) is 10.7. The Bertz CT molecular complexity index is 599. The van der Waals surface area contributed by atoms with E-state index in [4.69, 9.17) is 21.7 Å². The first kappa shape index (κ1) is 16.9. The van der Waals surface area contributed by atoms with Gasteiger partial charge in [-0.25, -0.2) is 0 Å². The summed E-state index contributed by atoms with van der Waals surface area (Å²) in [5, 5.41) is 3.14. The van der Waals surface area contributed by atoms with Gasteiger partial charge in [-0.3, -0.25) is 0 Å². The Morgan fingerprint density at radius 1 is 1.09 bits per heavy atom. The number of nitrogens with one attached hydrogen (secondary N) is 1. The Balaban J connectivity index is 1.86. The number of halogens is 1. The highest BCUT2D eigenvalue weighted by Crippen LogP contribution is 2.16. The van der Waals surface area contributed by atoms with Crippen LogP contribution in [-0.4, -0.2) is 25.2 Å². The summed E-state index contributed by atoms with van der Waals surface area (Å²) in [6.45, 7) is 1.88. The third-order valence-electron chi connectivity index (χ3n) is 3.03. The third kappa shape index (κ3) is 5.40. The van der Waals surface area contributed by atoms with E-state index in [0.29, 0.717) is 19.8 Å². The van der Waals surface area contributed by atoms with Crippen molar-refractivity contribution in [2.45, 2.75) is 6.61 Å². The van der Waals surface area contributed by atoms with Crippen LogP contribution < -0.4 is 10.1 Å². The number of hydrogen-bond donors (Lipinski definition) is 1. The molecule has 116 valence electrons. The lowest BCUT2D eigenvalue weighted by Crippen LogP contribution is -2.25. The molecule has 0 heterocycles. The van der Waals surface area contributed by atoms with Crippen molar-refractivity contribution < 1.29 is 9.47 Å². The van der Waals surface area contributed by atoms with Gasteiger partial charge in [0.15, 0.2) is 0 Å². The zero-order chi connectivity index (χ0) is 15.8. The summed E-state index contributed by atoms with van der Waals surface area (Å²) in [6, 6.07) is 15.9. The van der Waals surface area contributed by atoms with Gasteiger partial charge in [0.1, 0.15) is 17.3 Å². The molecule has 2 aromatic carbocycles. The van der Waals surface area contributed by atoms with Crippen LogP contribution in [0.4, 0.5) is 0 Å². The molecule has 1 N–H and O–H groups in total. The molecule has 0 unspecified atom stereocenters. The van der Waals surface area contributed by atoms with Gasteiger partial charge < -0.3 is 14.8 Å². The molecule has 2 aromatic rings. The van der Waals surface area contributed by atoms with Crippen LogP contribution in [0.1, 0.15) is 11.1 Å². The number of methoxy groups -OCH3 is 1. The molecule has 0 bridgehead atoms. The van der Waals surface area contributed by atoms with Gasteiger partial charge in [0.2, 0.25) is 0 Å². The predicted molar refractivity (Wildman–Crippen MR) is 96.5 cm³/mol. The Labute approximate surface area is 144 Å². The van der Waals surface area contributed by atoms with E-state index in [1.165, 1.54) is 0 Å². The van der Waals surface area contributed by atoms with Crippen LogP contribution in [0, 0.1) is 0 Å². The van der Waals surface area contributed by atoms with Crippen molar-refractivity contribution in [2.75, 3.05) is 20.3 Å². The van der Waals surface area contributed by atoms with Crippen LogP contribution >= 0.6 is 28.1 Å². The number of ether oxygens (including phenoxy) is 2. The van der Waals surface area contributed by atoms with Crippen molar-refractivity contribution in [3.63, 3.8) is 0 Å². The molecule has 0 aromatic heterocycles. The van der Waals surface area contributed by atoms with Gasteiger partial charge in [0.05, 0.1) is 6.61 Å². The lowest BCUT2D eigenvalue weighted by molar-refractivity contribution is 0.204. The largest absolute Gasteiger partial charge is 0.489 e. The Morgan fingerprint density at radius 3 is 2.41 bits per heavy atom. The molecule has 2 rings (SSSR count). The molecule has 22 heavy (non-hydrogen) atoms. The summed E-state index contributed by atoms with van der Waals surface area (Å²) in [4.78, 5) is 0.719. The number of rotatable bonds is 7. The summed E-state index contributed by atoms with van der Waals surface area (Å²) in [5.41, 5.74) is 2.10. The van der Waals surface area contributed by atoms with Gasteiger partial charge in [-0.05, 0) is 42.0 Å². The van der Waals surface area contributed by atoms with E-state index >= 15 is 0 Å². The molecule has 0 radical (unpaired) electrons. The average Bonchev–Trinajstić information content (AvgIpc) is 2.55. The first-order valence-electron chi connectivity index (χ1n) is 6.93. The minimum Gasteiger partial charge on any atom is -0.489 e. The van der Waals surface area contributed by atoms with Crippen molar-refractivity contribution in [2.24, 2.45) is 0 Å². The van der Waals surface area contributed by atoms with Crippen LogP contribution in [0.5, 0.6) is 5.75 Å². The molecule has 3 nitrogen and oxygen atoms in total. The van der Waals surface area contributed by atoms with Crippen molar-refractivity contribution in [1.29, 1.82) is 0 Å². The van der Waals surface area contributed by atoms with Crippen LogP contribution in [0.25, 0.3) is 0 Å². The lowest BCUT2D eigenvalue weighted by Gasteiger charge is -2.09. The Morgan fingerprint density at radius 2 is 1.77 bits per heavy atom. The second kappa shape index (κ2) is 8.88. The van der Waals surface area contributed by atoms with E-state index in [1.807, 2.05) is 48.5 Å². The minimum absolute atomic E-state index is 0.545. The number of thiocarbonyl (C=S) groups is 1. The monoisotopic (exact) mass is 379 g/mol. The standard InChI is InChI=1S/C17H18BrNO2S/c1-20-11-10-19-17(22)14-4-8-16(9-5-14)21-12-13-2-6-15(18)7-3-13/h2-9H,10-12H2,1H3,(H,19,22). The van der Waals surface area contributed by atoms with E-state index in [0.717, 1.165) is 26.3 Å². The van der Waals surface area contributed by atoms with E-state index in [9.17, 15) is 0 Å². The molecular weight excluding hydrogens is 362 g/mol. The molecule has 0 aliphatic rings. The van der Waals surface area contributed by atoms with E-state index in [1.54, 1.807) is 7.11 Å². The zero-order valence-corrected chi connectivity index (χ0v) is 14.7. The summed E-state index contributed by atoms with van der Waals surface area (Å²) in [7, 11) is 1.67. The molecule has 0 spiro atoms. The maximum atomic E-state index is 5.77. The van der Waals surface area contributed by atoms with Gasteiger partial charge in [0, 0.05) is 23.7 Å². The molecule has 0 amide bonds. The first-order valence-corrected chi connectivity index (χ1v) is 8.13. The Hall–Kier alpha value is -1.43. The van der Waals surface area contributed by atoms with Crippen LogP contribution in [0.3, 0.4) is 0 Å². The SMILES string of the molecule is COCCNC(=S)c1ccc(OCc2ccc(Br)cc2)cc1. The van der Waals surface area contributed by atoms with E-state index in [-0.39, 0.29) is 0 Å². The number of hydrogen-bond acceptors (Lipinski definition) is 3. The summed E-state index contributed by atoms with van der Waals surface area (Å²) >= 11 is 8.74. The smallest absolute Gasteiger partial charge is 0.119 e. The predicted octanol–water partition coefficient (Wildman–Crippen LogP) is 3.94. The Kier molecular flexibility index (Phi) is 6.83. The second-order valence-corrected chi connectivity index (χ2v) is 6.01. The fourth-order valence-corrected chi connectivity index (χ4v) is 2.32. The lowest BCUT2D eigenvalue weighted by atomic mass is 10.2. The highest BCUT2D eigenvalue weighted by molar-refractivity contribution is 9.10. The highest BCUT2D eigenvalue weighted by Gasteiger charge is 2.01. The average molecular weight is 380 g/mol. The fourth-order valence-electron chi connectivity index (χ4n) is 1.82. The molecule has 5 heteroatoms. The summed E-state index contributed by atoms with van der Waals surface area (Å²) in [5.74, 6) is 0.825. The van der Waals surface area contributed by atoms with Crippen LogP contribution in [0.2, 0.25) is 0 Å². The van der Waals surface area contributed by atoms with Crippen molar-refractivity contribution in [3.8, 4) is 5.75 Å². The van der Waals surface area contributed by atoms with Crippen molar-refractivity contribution in [3.05, 3.63) is 64.1 Å². The molecule has 0 aliphatic carbocycles. The van der Waals surface area contributed by atoms with Gasteiger partial charge in [-0.15, -0.1) is 0 Å². The van der Waals surface area contributed by atoms with Crippen molar-refractivity contribution in [1.82, 2.24) is 5.32 Å². The molecule has 0 aliphatic heterocycles. The zero-order valence-electron chi connectivity index (χ0n) is 12.3. The van der Waals surface area contributed by atoms with Gasteiger partial charge in [-0.2, -0.15) is 0 Å². The summed E-state index contributed by atoms with van der Waals surface area (Å²) < 4.78 is 11.8. The van der Waals surface area contributed by atoms with E-state index < -0.39 is 0 Å². The maximum absolute atomic E-state index is 5.77. The maximum Gasteiger partial charge on any atom is 0.119 e.